The average molecular weight is 294 g/mol. The molecular formula is C12H12ClN5S. The number of thiazole rings is 1. The van der Waals surface area contributed by atoms with Crippen LogP contribution in [0.2, 0.25) is 5.02 Å². The second-order valence-electron chi connectivity index (χ2n) is 4.17. The van der Waals surface area contributed by atoms with Crippen molar-refractivity contribution < 1.29 is 0 Å². The van der Waals surface area contributed by atoms with Gasteiger partial charge in [-0.05, 0) is 18.2 Å². The molecule has 1 N–H and O–H groups in total. The van der Waals surface area contributed by atoms with Gasteiger partial charge in [-0.15, -0.1) is 10.2 Å². The van der Waals surface area contributed by atoms with Crippen molar-refractivity contribution in [1.82, 2.24) is 19.7 Å². The first-order valence-electron chi connectivity index (χ1n) is 5.85. The van der Waals surface area contributed by atoms with E-state index in [1.807, 2.05) is 29.8 Å². The maximum absolute atomic E-state index is 5.96. The lowest BCUT2D eigenvalue weighted by atomic mass is 10.3. The molecule has 3 aromatic rings. The molecule has 0 saturated carbocycles. The molecule has 0 atom stereocenters. The first-order valence-corrected chi connectivity index (χ1v) is 7.04. The normalized spacial score (nSPS) is 11.1. The van der Waals surface area contributed by atoms with Crippen molar-refractivity contribution in [3.8, 4) is 0 Å². The van der Waals surface area contributed by atoms with Crippen LogP contribution in [0, 0.1) is 0 Å². The molecule has 1 aromatic carbocycles. The molecule has 2 aromatic heterocycles. The van der Waals surface area contributed by atoms with E-state index < -0.39 is 0 Å². The Balaban J connectivity index is 1.67. The summed E-state index contributed by atoms with van der Waals surface area (Å²) < 4.78 is 3.01. The van der Waals surface area contributed by atoms with Gasteiger partial charge in [0, 0.05) is 25.0 Å². The molecule has 5 nitrogen and oxygen atoms in total. The van der Waals surface area contributed by atoms with E-state index >= 15 is 0 Å². The van der Waals surface area contributed by atoms with E-state index in [0.717, 1.165) is 39.2 Å². The first kappa shape index (κ1) is 12.4. The molecule has 0 spiro atoms. The summed E-state index contributed by atoms with van der Waals surface area (Å²) >= 11 is 7.56. The van der Waals surface area contributed by atoms with Gasteiger partial charge in [0.1, 0.15) is 12.2 Å². The van der Waals surface area contributed by atoms with Crippen molar-refractivity contribution >= 4 is 38.3 Å². The predicted octanol–water partition coefficient (Wildman–Crippen LogP) is 2.73. The summed E-state index contributed by atoms with van der Waals surface area (Å²) in [6, 6.07) is 5.72. The van der Waals surface area contributed by atoms with Gasteiger partial charge < -0.3 is 9.88 Å². The summed E-state index contributed by atoms with van der Waals surface area (Å²) in [5.74, 6) is 0.955. The molecule has 98 valence electrons. The minimum atomic E-state index is 0.738. The van der Waals surface area contributed by atoms with Gasteiger partial charge in [0.05, 0.1) is 10.2 Å². The van der Waals surface area contributed by atoms with Crippen molar-refractivity contribution in [2.45, 2.75) is 6.42 Å². The summed E-state index contributed by atoms with van der Waals surface area (Å²) in [6.07, 6.45) is 2.52. The largest absolute Gasteiger partial charge is 0.361 e. The third kappa shape index (κ3) is 2.69. The molecule has 0 aliphatic heterocycles. The van der Waals surface area contributed by atoms with Crippen LogP contribution < -0.4 is 5.32 Å². The number of hydrogen-bond acceptors (Lipinski definition) is 5. The number of nitrogens with zero attached hydrogens (tertiary/aromatic N) is 4. The zero-order chi connectivity index (χ0) is 13.2. The Morgan fingerprint density at radius 3 is 3.11 bits per heavy atom. The second kappa shape index (κ2) is 5.14. The molecule has 0 aliphatic rings. The number of benzene rings is 1. The van der Waals surface area contributed by atoms with Gasteiger partial charge in [-0.2, -0.15) is 0 Å². The minimum Gasteiger partial charge on any atom is -0.361 e. The highest BCUT2D eigenvalue weighted by Crippen LogP contribution is 2.28. The number of aryl methyl sites for hydroxylation is 1. The Labute approximate surface area is 119 Å². The SMILES string of the molecule is Cn1cnnc1CCNc1nc2ccc(Cl)cc2s1. The molecule has 2 heterocycles. The number of aromatic nitrogens is 4. The standard InChI is InChI=1S/C12H12ClN5S/c1-18-7-15-17-11(18)4-5-14-12-16-9-3-2-8(13)6-10(9)19-12/h2-3,6-7H,4-5H2,1H3,(H,14,16). The number of rotatable bonds is 4. The number of hydrogen-bond donors (Lipinski definition) is 1. The van der Waals surface area contributed by atoms with Crippen molar-refractivity contribution in [3.63, 3.8) is 0 Å². The lowest BCUT2D eigenvalue weighted by Gasteiger charge is -2.01. The van der Waals surface area contributed by atoms with Crippen LogP contribution in [0.1, 0.15) is 5.82 Å². The van der Waals surface area contributed by atoms with Crippen LogP contribution >= 0.6 is 22.9 Å². The van der Waals surface area contributed by atoms with E-state index in [2.05, 4.69) is 20.5 Å². The number of fused-ring (bicyclic) bond motifs is 1. The fourth-order valence-electron chi connectivity index (χ4n) is 1.79. The summed E-state index contributed by atoms with van der Waals surface area (Å²) in [5, 5.41) is 12.8. The number of anilines is 1. The molecule has 0 aliphatic carbocycles. The fraction of sp³-hybridized carbons (Fsp3) is 0.250. The Kier molecular flexibility index (Phi) is 3.35. The summed E-state index contributed by atoms with van der Waals surface area (Å²) in [4.78, 5) is 4.50. The van der Waals surface area contributed by atoms with E-state index in [1.54, 1.807) is 17.7 Å². The van der Waals surface area contributed by atoms with Crippen LogP contribution in [-0.2, 0) is 13.5 Å². The maximum atomic E-state index is 5.96. The minimum absolute atomic E-state index is 0.738. The topological polar surface area (TPSA) is 55.6 Å². The lowest BCUT2D eigenvalue weighted by molar-refractivity contribution is 0.788. The van der Waals surface area contributed by atoms with E-state index in [-0.39, 0.29) is 0 Å². The van der Waals surface area contributed by atoms with Gasteiger partial charge in [0.15, 0.2) is 5.13 Å². The van der Waals surface area contributed by atoms with Crippen molar-refractivity contribution in [2.75, 3.05) is 11.9 Å². The third-order valence-electron chi connectivity index (χ3n) is 2.78. The van der Waals surface area contributed by atoms with Gasteiger partial charge in [0.25, 0.3) is 0 Å². The van der Waals surface area contributed by atoms with Gasteiger partial charge in [-0.3, -0.25) is 0 Å². The highest BCUT2D eigenvalue weighted by Gasteiger charge is 2.05. The molecule has 19 heavy (non-hydrogen) atoms. The summed E-state index contributed by atoms with van der Waals surface area (Å²) in [7, 11) is 1.94. The number of halogens is 1. The van der Waals surface area contributed by atoms with E-state index in [9.17, 15) is 0 Å². The smallest absolute Gasteiger partial charge is 0.183 e. The fourth-order valence-corrected chi connectivity index (χ4v) is 2.96. The molecular weight excluding hydrogens is 282 g/mol. The van der Waals surface area contributed by atoms with E-state index in [0.29, 0.717) is 0 Å². The maximum Gasteiger partial charge on any atom is 0.183 e. The lowest BCUT2D eigenvalue weighted by Crippen LogP contribution is -2.08. The average Bonchev–Trinajstić information content (AvgIpc) is 2.95. The zero-order valence-electron chi connectivity index (χ0n) is 10.3. The van der Waals surface area contributed by atoms with Crippen LogP contribution in [0.15, 0.2) is 24.5 Å². The number of nitrogens with one attached hydrogen (secondary N) is 1. The van der Waals surface area contributed by atoms with Gasteiger partial charge in [-0.1, -0.05) is 22.9 Å². The Morgan fingerprint density at radius 2 is 2.32 bits per heavy atom. The Hall–Kier alpha value is -1.66. The van der Waals surface area contributed by atoms with Gasteiger partial charge in [0.2, 0.25) is 0 Å². The Bertz CT molecular complexity index is 705. The molecule has 0 radical (unpaired) electrons. The van der Waals surface area contributed by atoms with Crippen molar-refractivity contribution in [1.29, 1.82) is 0 Å². The highest BCUT2D eigenvalue weighted by atomic mass is 35.5. The Morgan fingerprint density at radius 1 is 1.42 bits per heavy atom. The molecule has 7 heteroatoms. The van der Waals surface area contributed by atoms with Crippen molar-refractivity contribution in [2.24, 2.45) is 7.05 Å². The van der Waals surface area contributed by atoms with E-state index in [4.69, 9.17) is 11.6 Å². The van der Waals surface area contributed by atoms with Gasteiger partial charge >= 0.3 is 0 Å². The highest BCUT2D eigenvalue weighted by molar-refractivity contribution is 7.22. The molecule has 0 fully saturated rings. The van der Waals surface area contributed by atoms with Crippen LogP contribution in [0.25, 0.3) is 10.2 Å². The second-order valence-corrected chi connectivity index (χ2v) is 5.63. The predicted molar refractivity (Wildman–Crippen MR) is 77.8 cm³/mol. The quantitative estimate of drug-likeness (QED) is 0.803. The monoisotopic (exact) mass is 293 g/mol. The third-order valence-corrected chi connectivity index (χ3v) is 3.99. The summed E-state index contributed by atoms with van der Waals surface area (Å²) in [6.45, 7) is 0.778. The molecule has 3 rings (SSSR count). The van der Waals surface area contributed by atoms with Crippen LogP contribution in [0.5, 0.6) is 0 Å². The van der Waals surface area contributed by atoms with Crippen LogP contribution in [-0.4, -0.2) is 26.3 Å². The molecule has 0 unspecified atom stereocenters. The zero-order valence-corrected chi connectivity index (χ0v) is 11.9. The van der Waals surface area contributed by atoms with Crippen LogP contribution in [0.3, 0.4) is 0 Å². The van der Waals surface area contributed by atoms with E-state index in [1.165, 1.54) is 0 Å². The summed E-state index contributed by atoms with van der Waals surface area (Å²) in [5.41, 5.74) is 0.968. The van der Waals surface area contributed by atoms with Crippen LogP contribution in [0.4, 0.5) is 5.13 Å². The first-order chi connectivity index (χ1) is 9.22. The molecule has 0 saturated heterocycles. The van der Waals surface area contributed by atoms with Gasteiger partial charge in [-0.25, -0.2) is 4.98 Å². The molecule has 0 bridgehead atoms. The van der Waals surface area contributed by atoms with Crippen molar-refractivity contribution in [3.05, 3.63) is 35.4 Å². The molecule has 0 amide bonds.